The van der Waals surface area contributed by atoms with Gasteiger partial charge in [-0.15, -0.1) is 0 Å². The molecule has 0 bridgehead atoms. The number of aliphatic carboxylic acids is 1. The lowest BCUT2D eigenvalue weighted by atomic mass is 10.0. The van der Waals surface area contributed by atoms with Crippen LogP contribution in [0.1, 0.15) is 226 Å². The van der Waals surface area contributed by atoms with Crippen molar-refractivity contribution in [1.82, 2.24) is 0 Å². The number of unbranched alkanes of at least 4 members (excludes halogenated alkanes) is 27. The second-order valence-corrected chi connectivity index (χ2v) is 18.1. The Labute approximate surface area is 369 Å². The van der Waals surface area contributed by atoms with Gasteiger partial charge < -0.3 is 28.5 Å². The number of allylic oxidation sites excluding steroid dienone is 4. The fourth-order valence-corrected chi connectivity index (χ4v) is 7.01. The van der Waals surface area contributed by atoms with Gasteiger partial charge in [-0.2, -0.15) is 0 Å². The van der Waals surface area contributed by atoms with Crippen LogP contribution >= 0.6 is 0 Å². The van der Waals surface area contributed by atoms with Crippen molar-refractivity contribution in [1.29, 1.82) is 0 Å². The summed E-state index contributed by atoms with van der Waals surface area (Å²) in [4.78, 5) is 37.1. The van der Waals surface area contributed by atoms with E-state index in [9.17, 15) is 19.5 Å². The molecule has 9 nitrogen and oxygen atoms in total. The molecule has 0 spiro atoms. The van der Waals surface area contributed by atoms with Crippen molar-refractivity contribution in [3.63, 3.8) is 0 Å². The molecule has 0 amide bonds. The molecule has 0 aromatic carbocycles. The molecular weight excluding hydrogens is 755 g/mol. The van der Waals surface area contributed by atoms with Crippen LogP contribution < -0.4 is 0 Å². The van der Waals surface area contributed by atoms with Gasteiger partial charge in [0, 0.05) is 12.8 Å². The predicted octanol–water partition coefficient (Wildman–Crippen LogP) is 13.6. The van der Waals surface area contributed by atoms with E-state index in [0.29, 0.717) is 17.4 Å². The Balaban J connectivity index is 4.20. The summed E-state index contributed by atoms with van der Waals surface area (Å²) in [7, 11) is 5.96. The molecule has 0 radical (unpaired) electrons. The molecule has 0 saturated carbocycles. The smallest absolute Gasteiger partial charge is 0.361 e. The predicted molar refractivity (Wildman–Crippen MR) is 249 cm³/mol. The van der Waals surface area contributed by atoms with Crippen molar-refractivity contribution in [2.24, 2.45) is 0 Å². The molecule has 0 saturated heterocycles. The maximum atomic E-state index is 12.8. The molecule has 0 aromatic rings. The fourth-order valence-electron chi connectivity index (χ4n) is 7.01. The van der Waals surface area contributed by atoms with Crippen LogP contribution in [0.2, 0.25) is 0 Å². The minimum Gasteiger partial charge on any atom is -0.477 e. The number of carbonyl (C=O) groups is 3. The van der Waals surface area contributed by atoms with Crippen LogP contribution in [0, 0.1) is 0 Å². The SMILES string of the molecule is CCC/C=C\CCCCCCCC(=O)OCC(COC(OCC[N+](C)(C)C)C(=O)O)OC(=O)CCCCCCCCCCCCCCC/C=C\CCCCCCCCCC. The molecule has 2 unspecified atom stereocenters. The van der Waals surface area contributed by atoms with Crippen molar-refractivity contribution in [3.05, 3.63) is 24.3 Å². The lowest BCUT2D eigenvalue weighted by Crippen LogP contribution is -2.40. The Morgan fingerprint density at radius 2 is 0.883 bits per heavy atom. The third-order valence-corrected chi connectivity index (χ3v) is 10.9. The molecule has 0 fully saturated rings. The van der Waals surface area contributed by atoms with E-state index in [0.717, 1.165) is 64.2 Å². The van der Waals surface area contributed by atoms with Gasteiger partial charge in [0.15, 0.2) is 6.10 Å². The first kappa shape index (κ1) is 57.8. The Morgan fingerprint density at radius 3 is 1.30 bits per heavy atom. The second kappa shape index (κ2) is 43.4. The molecule has 0 heterocycles. The van der Waals surface area contributed by atoms with Gasteiger partial charge in [-0.1, -0.05) is 179 Å². The van der Waals surface area contributed by atoms with Crippen molar-refractivity contribution < 1.29 is 42.9 Å². The van der Waals surface area contributed by atoms with Gasteiger partial charge in [0.2, 0.25) is 0 Å². The summed E-state index contributed by atoms with van der Waals surface area (Å²) in [6.07, 6.45) is 45.4. The zero-order valence-corrected chi connectivity index (χ0v) is 39.9. The van der Waals surface area contributed by atoms with E-state index >= 15 is 0 Å². The third kappa shape index (κ3) is 43.8. The fraction of sp³-hybridized carbons (Fsp3) is 0.863. The van der Waals surface area contributed by atoms with E-state index in [2.05, 4.69) is 38.2 Å². The monoisotopic (exact) mass is 851 g/mol. The molecule has 2 atom stereocenters. The van der Waals surface area contributed by atoms with E-state index in [1.807, 2.05) is 21.1 Å². The standard InChI is InChI=1S/C51H95NO8/c1-6-8-10-12-14-16-18-19-20-21-22-23-24-25-26-27-28-29-30-31-32-34-36-38-40-42-49(54)60-47(46-59-51(50(55)56)57-44-43-52(3,4)5)45-58-48(53)41-39-37-35-33-17-15-13-11-9-7-2/h11,13,21-22,47,51H,6-10,12,14-20,23-46H2,1-5H3/p+1/b13-11-,22-21-. The van der Waals surface area contributed by atoms with Gasteiger partial charge >= 0.3 is 17.9 Å². The summed E-state index contributed by atoms with van der Waals surface area (Å²) >= 11 is 0. The third-order valence-electron chi connectivity index (χ3n) is 10.9. The number of hydrogen-bond acceptors (Lipinski definition) is 7. The largest absolute Gasteiger partial charge is 0.477 e. The van der Waals surface area contributed by atoms with E-state index in [1.165, 1.54) is 135 Å². The van der Waals surface area contributed by atoms with E-state index < -0.39 is 24.3 Å². The van der Waals surface area contributed by atoms with Crippen molar-refractivity contribution in [2.75, 3.05) is 47.5 Å². The van der Waals surface area contributed by atoms with E-state index in [1.54, 1.807) is 0 Å². The normalized spacial score (nSPS) is 13.0. The van der Waals surface area contributed by atoms with Crippen LogP contribution in [-0.2, 0) is 33.3 Å². The average Bonchev–Trinajstić information content (AvgIpc) is 3.21. The van der Waals surface area contributed by atoms with Crippen molar-refractivity contribution >= 4 is 17.9 Å². The summed E-state index contributed by atoms with van der Waals surface area (Å²) < 4.78 is 22.7. The van der Waals surface area contributed by atoms with Crippen LogP contribution in [0.3, 0.4) is 0 Å². The number of esters is 2. The number of ether oxygens (including phenoxy) is 4. The number of carbonyl (C=O) groups excluding carboxylic acids is 2. The highest BCUT2D eigenvalue weighted by Gasteiger charge is 2.25. The molecule has 0 aliphatic heterocycles. The molecular formula is C51H96NO8+. The summed E-state index contributed by atoms with van der Waals surface area (Å²) in [6, 6.07) is 0. The second-order valence-electron chi connectivity index (χ2n) is 18.1. The Kier molecular flexibility index (Phi) is 41.8. The number of carboxylic acids is 1. The Hall–Kier alpha value is -2.23. The number of rotatable bonds is 46. The van der Waals surface area contributed by atoms with Gasteiger partial charge in [0.1, 0.15) is 13.2 Å². The van der Waals surface area contributed by atoms with Gasteiger partial charge in [-0.25, -0.2) is 4.79 Å². The quantitative estimate of drug-likeness (QED) is 0.0212. The maximum Gasteiger partial charge on any atom is 0.361 e. The number of carboxylic acid groups (broad SMARTS) is 1. The van der Waals surface area contributed by atoms with E-state index in [4.69, 9.17) is 18.9 Å². The zero-order chi connectivity index (χ0) is 44.2. The first-order valence-electron chi connectivity index (χ1n) is 25.0. The highest BCUT2D eigenvalue weighted by Crippen LogP contribution is 2.16. The van der Waals surface area contributed by atoms with Crippen LogP contribution in [0.15, 0.2) is 24.3 Å². The number of hydrogen-bond donors (Lipinski definition) is 1. The minimum absolute atomic E-state index is 0.184. The van der Waals surface area contributed by atoms with Gasteiger partial charge in [-0.05, 0) is 57.8 Å². The lowest BCUT2D eigenvalue weighted by Gasteiger charge is -2.25. The van der Waals surface area contributed by atoms with Crippen LogP contribution in [0.25, 0.3) is 0 Å². The van der Waals surface area contributed by atoms with Crippen LogP contribution in [0.4, 0.5) is 0 Å². The Morgan fingerprint density at radius 1 is 0.483 bits per heavy atom. The molecule has 9 heteroatoms. The first-order valence-corrected chi connectivity index (χ1v) is 25.0. The summed E-state index contributed by atoms with van der Waals surface area (Å²) in [5.41, 5.74) is 0. The summed E-state index contributed by atoms with van der Waals surface area (Å²) in [5, 5.41) is 9.64. The highest BCUT2D eigenvalue weighted by molar-refractivity contribution is 5.71. The molecule has 0 aromatic heterocycles. The van der Waals surface area contributed by atoms with Crippen molar-refractivity contribution in [3.8, 4) is 0 Å². The lowest BCUT2D eigenvalue weighted by molar-refractivity contribution is -0.870. The molecule has 1 N–H and O–H groups in total. The first-order chi connectivity index (χ1) is 29.1. The molecule has 352 valence electrons. The maximum absolute atomic E-state index is 12.8. The highest BCUT2D eigenvalue weighted by atomic mass is 16.7. The Bertz CT molecular complexity index is 1040. The average molecular weight is 851 g/mol. The molecule has 0 rings (SSSR count). The summed E-state index contributed by atoms with van der Waals surface area (Å²) in [5.74, 6) is -2.01. The summed E-state index contributed by atoms with van der Waals surface area (Å²) in [6.45, 7) is 4.81. The molecule has 0 aliphatic carbocycles. The number of likely N-dealkylation sites (N-methyl/N-ethyl adjacent to an activating group) is 1. The van der Waals surface area contributed by atoms with Gasteiger partial charge in [-0.3, -0.25) is 9.59 Å². The van der Waals surface area contributed by atoms with Gasteiger partial charge in [0.25, 0.3) is 6.29 Å². The molecule has 0 aliphatic rings. The van der Waals surface area contributed by atoms with Crippen LogP contribution in [-0.4, -0.2) is 87.4 Å². The van der Waals surface area contributed by atoms with Crippen molar-refractivity contribution in [2.45, 2.75) is 238 Å². The zero-order valence-electron chi connectivity index (χ0n) is 39.9. The van der Waals surface area contributed by atoms with E-state index in [-0.39, 0.29) is 32.2 Å². The minimum atomic E-state index is -1.51. The number of quaternary nitrogens is 1. The van der Waals surface area contributed by atoms with Gasteiger partial charge in [0.05, 0.1) is 34.4 Å². The molecule has 60 heavy (non-hydrogen) atoms. The topological polar surface area (TPSA) is 108 Å². The number of nitrogens with zero attached hydrogens (tertiary/aromatic N) is 1. The van der Waals surface area contributed by atoms with Crippen LogP contribution in [0.5, 0.6) is 0 Å².